The number of carbonyl (C=O) groups is 2. The van der Waals surface area contributed by atoms with E-state index in [0.717, 1.165) is 23.4 Å². The Hall–Kier alpha value is -4.45. The van der Waals surface area contributed by atoms with Crippen molar-refractivity contribution in [2.75, 3.05) is 9.91 Å². The van der Waals surface area contributed by atoms with Gasteiger partial charge >= 0.3 is 5.97 Å². The Kier molecular flexibility index (Phi) is 6.96. The molecule has 204 valence electrons. The topological polar surface area (TPSA) is 73.2 Å². The second-order valence-electron chi connectivity index (χ2n) is 11.4. The summed E-state index contributed by atoms with van der Waals surface area (Å²) in [6.45, 7) is 11.3. The molecular formula is C34H35N3O3. The molecule has 3 aromatic carbocycles. The molecule has 2 aliphatic rings. The molecule has 2 heterocycles. The van der Waals surface area contributed by atoms with Gasteiger partial charge in [-0.1, -0.05) is 75.7 Å². The molecule has 0 bridgehead atoms. The number of hydrazone groups is 1. The van der Waals surface area contributed by atoms with Gasteiger partial charge in [0.25, 0.3) is 5.91 Å². The van der Waals surface area contributed by atoms with E-state index < -0.39 is 11.9 Å². The molecule has 3 aromatic rings. The highest BCUT2D eigenvalue weighted by Crippen LogP contribution is 2.54. The maximum Gasteiger partial charge on any atom is 0.357 e. The summed E-state index contributed by atoms with van der Waals surface area (Å²) < 4.78 is 0. The molecule has 40 heavy (non-hydrogen) atoms. The number of fused-ring (bicyclic) bond motifs is 1. The van der Waals surface area contributed by atoms with E-state index in [1.807, 2.05) is 12.1 Å². The molecule has 0 spiro atoms. The lowest BCUT2D eigenvalue weighted by atomic mass is 9.72. The van der Waals surface area contributed by atoms with Gasteiger partial charge in [-0.15, -0.1) is 0 Å². The minimum Gasteiger partial charge on any atom is -0.476 e. The van der Waals surface area contributed by atoms with Crippen molar-refractivity contribution in [3.63, 3.8) is 0 Å². The number of anilines is 3. The summed E-state index contributed by atoms with van der Waals surface area (Å²) in [4.78, 5) is 27.3. The Bertz CT molecular complexity index is 1550. The average molecular weight is 534 g/mol. The number of amides is 1. The van der Waals surface area contributed by atoms with Crippen LogP contribution in [0, 0.1) is 0 Å². The first-order chi connectivity index (χ1) is 19.1. The first-order valence-corrected chi connectivity index (χ1v) is 13.7. The molecule has 6 nitrogen and oxygen atoms in total. The lowest BCUT2D eigenvalue weighted by molar-refractivity contribution is -0.129. The van der Waals surface area contributed by atoms with Crippen LogP contribution in [0.5, 0.6) is 0 Å². The van der Waals surface area contributed by atoms with E-state index in [1.54, 1.807) is 30.3 Å². The third-order valence-electron chi connectivity index (χ3n) is 8.39. The van der Waals surface area contributed by atoms with Gasteiger partial charge in [-0.2, -0.15) is 10.1 Å². The zero-order valence-corrected chi connectivity index (χ0v) is 23.7. The fraction of sp³-hybridized carbons (Fsp3) is 0.265. The van der Waals surface area contributed by atoms with Crippen molar-refractivity contribution < 1.29 is 14.7 Å². The number of aliphatic carboxylic acids is 1. The molecular weight excluding hydrogens is 498 g/mol. The van der Waals surface area contributed by atoms with Gasteiger partial charge in [0.1, 0.15) is 0 Å². The minimum absolute atomic E-state index is 0.0490. The minimum atomic E-state index is -1.24. The third kappa shape index (κ3) is 4.53. The van der Waals surface area contributed by atoms with E-state index in [-0.39, 0.29) is 22.2 Å². The number of carboxylic acid groups (broad SMARTS) is 1. The van der Waals surface area contributed by atoms with E-state index in [0.29, 0.717) is 5.69 Å². The number of hydrogen-bond donors (Lipinski definition) is 1. The largest absolute Gasteiger partial charge is 0.476 e. The van der Waals surface area contributed by atoms with Crippen LogP contribution in [0.15, 0.2) is 95.6 Å². The monoisotopic (exact) mass is 533 g/mol. The Balaban J connectivity index is 1.45. The smallest absolute Gasteiger partial charge is 0.357 e. The summed E-state index contributed by atoms with van der Waals surface area (Å²) in [6.07, 6.45) is 7.36. The predicted molar refractivity (Wildman–Crippen MR) is 162 cm³/mol. The van der Waals surface area contributed by atoms with E-state index in [4.69, 9.17) is 0 Å². The molecule has 1 amide bonds. The van der Waals surface area contributed by atoms with E-state index in [2.05, 4.69) is 87.1 Å². The van der Waals surface area contributed by atoms with Crippen LogP contribution in [-0.4, -0.2) is 28.2 Å². The summed E-state index contributed by atoms with van der Waals surface area (Å²) in [5.41, 5.74) is 5.90. The Labute approximate surface area is 235 Å². The van der Waals surface area contributed by atoms with Gasteiger partial charge in [-0.3, -0.25) is 4.79 Å². The highest BCUT2D eigenvalue weighted by molar-refractivity contribution is 6.52. The maximum atomic E-state index is 13.0. The van der Waals surface area contributed by atoms with Crippen molar-refractivity contribution in [1.29, 1.82) is 0 Å². The Morgan fingerprint density at radius 2 is 1.65 bits per heavy atom. The Morgan fingerprint density at radius 3 is 2.30 bits per heavy atom. The second kappa shape index (κ2) is 10.3. The Morgan fingerprint density at radius 1 is 0.950 bits per heavy atom. The lowest BCUT2D eigenvalue weighted by Crippen LogP contribution is -2.48. The highest BCUT2D eigenvalue weighted by atomic mass is 16.4. The molecule has 1 N–H and O–H groups in total. The summed E-state index contributed by atoms with van der Waals surface area (Å²) >= 11 is 0. The molecule has 0 aliphatic carbocycles. The van der Waals surface area contributed by atoms with E-state index >= 15 is 0 Å². The molecule has 0 saturated carbocycles. The molecule has 0 radical (unpaired) electrons. The number of carbonyl (C=O) groups excluding carboxylic acids is 1. The molecule has 0 atom stereocenters. The normalized spacial score (nSPS) is 18.5. The predicted octanol–water partition coefficient (Wildman–Crippen LogP) is 7.27. The molecule has 0 saturated heterocycles. The second-order valence-corrected chi connectivity index (χ2v) is 11.4. The van der Waals surface area contributed by atoms with Crippen LogP contribution < -0.4 is 9.91 Å². The van der Waals surface area contributed by atoms with Crippen LogP contribution in [0.2, 0.25) is 0 Å². The molecule has 0 unspecified atom stereocenters. The van der Waals surface area contributed by atoms with Crippen molar-refractivity contribution in [1.82, 2.24) is 0 Å². The van der Waals surface area contributed by atoms with Gasteiger partial charge in [0, 0.05) is 22.3 Å². The SMILES string of the molecule is CCCc1ccc(N2c3ccc(/C=C/C=C4\C(=O)N(c5ccccc5)N=C4C(=O)O)cc3C(C)(C)C2(C)C)cc1. The molecule has 2 aliphatic heterocycles. The number of aryl methyl sites for hydroxylation is 1. The zero-order chi connectivity index (χ0) is 28.7. The number of carboxylic acids is 1. The first-order valence-electron chi connectivity index (χ1n) is 13.7. The molecule has 5 rings (SSSR count). The van der Waals surface area contributed by atoms with E-state index in [9.17, 15) is 14.7 Å². The maximum absolute atomic E-state index is 13.0. The highest BCUT2D eigenvalue weighted by Gasteiger charge is 2.51. The van der Waals surface area contributed by atoms with Crippen LogP contribution in [0.25, 0.3) is 6.08 Å². The number of hydrogen-bond acceptors (Lipinski definition) is 4. The van der Waals surface area contributed by atoms with Crippen molar-refractivity contribution in [3.05, 3.63) is 107 Å². The van der Waals surface area contributed by atoms with Gasteiger partial charge in [-0.05, 0) is 79.4 Å². The van der Waals surface area contributed by atoms with E-state index in [1.165, 1.54) is 28.6 Å². The number of para-hydroxylation sites is 1. The summed E-state index contributed by atoms with van der Waals surface area (Å²) in [6, 6.07) is 24.1. The summed E-state index contributed by atoms with van der Waals surface area (Å²) in [5, 5.41) is 14.9. The van der Waals surface area contributed by atoms with Crippen molar-refractivity contribution >= 4 is 40.7 Å². The summed E-state index contributed by atoms with van der Waals surface area (Å²) in [7, 11) is 0. The number of nitrogens with zero attached hydrogens (tertiary/aromatic N) is 3. The quantitative estimate of drug-likeness (QED) is 0.324. The van der Waals surface area contributed by atoms with Crippen molar-refractivity contribution in [3.8, 4) is 0 Å². The third-order valence-corrected chi connectivity index (χ3v) is 8.39. The van der Waals surface area contributed by atoms with Crippen LogP contribution in [0.1, 0.15) is 57.7 Å². The lowest BCUT2D eigenvalue weighted by Gasteiger charge is -2.42. The van der Waals surface area contributed by atoms with Crippen LogP contribution in [-0.2, 0) is 21.4 Å². The van der Waals surface area contributed by atoms with Crippen LogP contribution in [0.3, 0.4) is 0 Å². The first kappa shape index (κ1) is 27.1. The number of benzene rings is 3. The standard InChI is InChI=1S/C34H35N3O3/c1-6-11-23-16-19-25(20-17-23)36-29-21-18-24(22-28(29)33(2,3)34(36,4)5)12-10-15-27-30(32(39)40)35-37(31(27)38)26-13-8-7-9-14-26/h7-10,12-22H,6,11H2,1-5H3,(H,39,40)/b12-10+,27-15-. The fourth-order valence-corrected chi connectivity index (χ4v) is 5.55. The van der Waals surface area contributed by atoms with Crippen LogP contribution in [0.4, 0.5) is 17.1 Å². The van der Waals surface area contributed by atoms with Gasteiger partial charge in [0.2, 0.25) is 0 Å². The van der Waals surface area contributed by atoms with Gasteiger partial charge in [0.05, 0.1) is 11.3 Å². The number of rotatable bonds is 7. The summed E-state index contributed by atoms with van der Waals surface area (Å²) in [5.74, 6) is -1.71. The molecule has 0 aromatic heterocycles. The van der Waals surface area contributed by atoms with Gasteiger partial charge in [-0.25, -0.2) is 4.79 Å². The van der Waals surface area contributed by atoms with Gasteiger partial charge in [0.15, 0.2) is 5.71 Å². The van der Waals surface area contributed by atoms with Crippen molar-refractivity contribution in [2.24, 2.45) is 5.10 Å². The average Bonchev–Trinajstić information content (AvgIpc) is 3.34. The molecule has 0 fully saturated rings. The van der Waals surface area contributed by atoms with Crippen LogP contribution >= 0.6 is 0 Å². The number of allylic oxidation sites excluding steroid dienone is 2. The van der Waals surface area contributed by atoms with Crippen molar-refractivity contribution in [2.45, 2.75) is 58.4 Å². The van der Waals surface area contributed by atoms with Gasteiger partial charge < -0.3 is 10.0 Å². The fourth-order valence-electron chi connectivity index (χ4n) is 5.55. The molecule has 6 heteroatoms. The zero-order valence-electron chi connectivity index (χ0n) is 23.7.